The summed E-state index contributed by atoms with van der Waals surface area (Å²) >= 11 is 0.852. The van der Waals surface area contributed by atoms with Crippen molar-refractivity contribution in [2.75, 3.05) is 19.8 Å². The summed E-state index contributed by atoms with van der Waals surface area (Å²) in [6, 6.07) is 8.83. The largest absolute Gasteiger partial charge is 0.507 e. The third-order valence-corrected chi connectivity index (χ3v) is 6.42. The van der Waals surface area contributed by atoms with Crippen molar-refractivity contribution in [1.29, 1.82) is 0 Å². The fourth-order valence-electron chi connectivity index (χ4n) is 3.77. The van der Waals surface area contributed by atoms with Gasteiger partial charge in [0.15, 0.2) is 0 Å². The van der Waals surface area contributed by atoms with Crippen molar-refractivity contribution in [3.05, 3.63) is 79.5 Å². The summed E-state index contributed by atoms with van der Waals surface area (Å²) in [5.41, 5.74) is 1.22. The lowest BCUT2D eigenvalue weighted by Crippen LogP contribution is -2.33. The van der Waals surface area contributed by atoms with Crippen LogP contribution in [-0.2, 0) is 19.1 Å². The van der Waals surface area contributed by atoms with E-state index in [0.29, 0.717) is 16.3 Å². The van der Waals surface area contributed by atoms with Crippen LogP contribution in [0.15, 0.2) is 58.9 Å². The van der Waals surface area contributed by atoms with E-state index in [1.165, 1.54) is 24.3 Å². The second-order valence-corrected chi connectivity index (χ2v) is 8.79. The molecule has 0 saturated carbocycles. The molecule has 0 spiro atoms. The SMILES string of the molecule is CCOC(=O)C1=C(C)NC(C)=C(C(=O)OCCNC(=O)c2ccccc2O)[C@@H]1c1ccc([N+](=O)[O-])s1. The number of carbonyl (C=O) groups excluding carboxylic acids is 3. The van der Waals surface area contributed by atoms with Gasteiger partial charge in [0.05, 0.1) is 40.7 Å². The molecule has 2 heterocycles. The van der Waals surface area contributed by atoms with Crippen molar-refractivity contribution >= 4 is 34.2 Å². The highest BCUT2D eigenvalue weighted by atomic mass is 32.1. The van der Waals surface area contributed by atoms with Crippen molar-refractivity contribution in [2.24, 2.45) is 0 Å². The van der Waals surface area contributed by atoms with Crippen LogP contribution in [0.2, 0.25) is 0 Å². The van der Waals surface area contributed by atoms with Gasteiger partial charge >= 0.3 is 16.9 Å². The number of phenols is 1. The third-order valence-electron chi connectivity index (χ3n) is 5.32. The molecule has 1 aromatic carbocycles. The number of esters is 2. The van der Waals surface area contributed by atoms with E-state index in [1.54, 1.807) is 32.9 Å². The van der Waals surface area contributed by atoms with Gasteiger partial charge in [-0.2, -0.15) is 0 Å². The number of phenolic OH excluding ortho intramolecular Hbond substituents is 1. The van der Waals surface area contributed by atoms with Gasteiger partial charge in [0.1, 0.15) is 12.4 Å². The molecule has 0 aliphatic carbocycles. The number of allylic oxidation sites excluding steroid dienone is 2. The summed E-state index contributed by atoms with van der Waals surface area (Å²) in [5, 5.41) is 26.5. The first-order valence-electron chi connectivity index (χ1n) is 11.0. The highest BCUT2D eigenvalue weighted by molar-refractivity contribution is 7.15. The minimum atomic E-state index is -0.938. The van der Waals surface area contributed by atoms with Gasteiger partial charge in [-0.25, -0.2) is 9.59 Å². The fourth-order valence-corrected chi connectivity index (χ4v) is 4.71. The van der Waals surface area contributed by atoms with E-state index in [9.17, 15) is 29.6 Å². The van der Waals surface area contributed by atoms with Gasteiger partial charge in [-0.05, 0) is 39.0 Å². The lowest BCUT2D eigenvalue weighted by molar-refractivity contribution is -0.380. The maximum atomic E-state index is 13.2. The van der Waals surface area contributed by atoms with Gasteiger partial charge in [-0.1, -0.05) is 23.5 Å². The first-order valence-corrected chi connectivity index (χ1v) is 11.8. The summed E-state index contributed by atoms with van der Waals surface area (Å²) in [6.45, 7) is 4.82. The van der Waals surface area contributed by atoms with Crippen LogP contribution in [0.3, 0.4) is 0 Å². The number of carbonyl (C=O) groups is 3. The average Bonchev–Trinajstić information content (AvgIpc) is 3.32. The number of hydrogen-bond donors (Lipinski definition) is 3. The lowest BCUT2D eigenvalue weighted by Gasteiger charge is -2.29. The van der Waals surface area contributed by atoms with Crippen LogP contribution in [-0.4, -0.2) is 47.6 Å². The second kappa shape index (κ2) is 11.5. The van der Waals surface area contributed by atoms with Gasteiger partial charge in [-0.15, -0.1) is 0 Å². The van der Waals surface area contributed by atoms with Crippen molar-refractivity contribution in [1.82, 2.24) is 10.6 Å². The monoisotopic (exact) mass is 515 g/mol. The number of hydrogen-bond acceptors (Lipinski definition) is 10. The molecular weight excluding hydrogens is 490 g/mol. The summed E-state index contributed by atoms with van der Waals surface area (Å²) < 4.78 is 10.6. The molecule has 3 rings (SSSR count). The number of nitrogens with zero attached hydrogens (tertiary/aromatic N) is 1. The van der Waals surface area contributed by atoms with Crippen LogP contribution in [0, 0.1) is 10.1 Å². The number of thiophene rings is 1. The molecule has 1 aliphatic heterocycles. The normalized spacial score (nSPS) is 15.2. The maximum absolute atomic E-state index is 13.2. The van der Waals surface area contributed by atoms with E-state index in [4.69, 9.17) is 9.47 Å². The van der Waals surface area contributed by atoms with E-state index in [2.05, 4.69) is 10.6 Å². The van der Waals surface area contributed by atoms with Gasteiger partial charge < -0.3 is 25.2 Å². The molecule has 0 radical (unpaired) electrons. The van der Waals surface area contributed by atoms with Crippen LogP contribution in [0.4, 0.5) is 5.00 Å². The summed E-state index contributed by atoms with van der Waals surface area (Å²) in [5.74, 6) is -3.07. The molecule has 12 heteroatoms. The number of nitro groups is 1. The molecule has 2 aromatic rings. The number of benzene rings is 1. The third kappa shape index (κ3) is 5.71. The topological polar surface area (TPSA) is 157 Å². The zero-order valence-electron chi connectivity index (χ0n) is 19.8. The Hall–Kier alpha value is -4.19. The average molecular weight is 516 g/mol. The highest BCUT2D eigenvalue weighted by Crippen LogP contribution is 2.43. The zero-order chi connectivity index (χ0) is 26.4. The number of amides is 1. The quantitative estimate of drug-likeness (QED) is 0.197. The Balaban J connectivity index is 1.80. The minimum Gasteiger partial charge on any atom is -0.507 e. The van der Waals surface area contributed by atoms with E-state index < -0.39 is 28.7 Å². The van der Waals surface area contributed by atoms with Crippen molar-refractivity contribution in [3.8, 4) is 5.75 Å². The lowest BCUT2D eigenvalue weighted by atomic mass is 9.84. The molecule has 1 aromatic heterocycles. The van der Waals surface area contributed by atoms with Crippen LogP contribution >= 0.6 is 11.3 Å². The van der Waals surface area contributed by atoms with E-state index in [1.807, 2.05) is 0 Å². The second-order valence-electron chi connectivity index (χ2n) is 7.70. The number of ether oxygens (including phenoxy) is 2. The van der Waals surface area contributed by atoms with Gasteiger partial charge in [0.2, 0.25) is 0 Å². The standard InChI is InChI=1S/C24H25N3O8S/c1-4-34-23(30)19-13(2)26-14(3)20(21(19)17-9-10-18(36-17)27(32)33)24(31)35-12-11-25-22(29)15-7-5-6-8-16(15)28/h5-10,21,26,28H,4,11-12H2,1-3H3,(H,25,29)/t21-/m1/s1. The first kappa shape index (κ1) is 26.4. The van der Waals surface area contributed by atoms with E-state index >= 15 is 0 Å². The van der Waals surface area contributed by atoms with Crippen molar-refractivity contribution < 1.29 is 33.9 Å². The van der Waals surface area contributed by atoms with E-state index in [0.717, 1.165) is 11.3 Å². The Kier molecular flexibility index (Phi) is 8.43. The number of rotatable bonds is 9. The molecule has 1 aliphatic rings. The maximum Gasteiger partial charge on any atom is 0.336 e. The Morgan fingerprint density at radius 1 is 1.08 bits per heavy atom. The van der Waals surface area contributed by atoms with Gasteiger partial charge in [0.25, 0.3) is 5.91 Å². The molecule has 1 amide bonds. The van der Waals surface area contributed by atoms with Crippen LogP contribution in [0.1, 0.15) is 41.9 Å². The molecule has 0 saturated heterocycles. The van der Waals surface area contributed by atoms with Gasteiger partial charge in [0, 0.05) is 22.3 Å². The molecule has 0 bridgehead atoms. The Morgan fingerprint density at radius 2 is 1.72 bits per heavy atom. The molecule has 190 valence electrons. The first-order chi connectivity index (χ1) is 17.1. The number of nitrogens with one attached hydrogen (secondary N) is 2. The van der Waals surface area contributed by atoms with Crippen molar-refractivity contribution in [2.45, 2.75) is 26.7 Å². The fraction of sp³-hybridized carbons (Fsp3) is 0.292. The molecule has 0 fully saturated rings. The molecule has 3 N–H and O–H groups in total. The number of dihydropyridines is 1. The Morgan fingerprint density at radius 3 is 2.31 bits per heavy atom. The molecule has 11 nitrogen and oxygen atoms in total. The van der Waals surface area contributed by atoms with Crippen LogP contribution in [0.25, 0.3) is 0 Å². The molecule has 0 unspecified atom stereocenters. The van der Waals surface area contributed by atoms with Crippen LogP contribution in [0.5, 0.6) is 5.75 Å². The molecular formula is C24H25N3O8S. The van der Waals surface area contributed by atoms with Crippen LogP contribution < -0.4 is 10.6 Å². The highest BCUT2D eigenvalue weighted by Gasteiger charge is 2.39. The number of aromatic hydroxyl groups is 1. The smallest absolute Gasteiger partial charge is 0.336 e. The Labute approximate surface area is 210 Å². The predicted molar refractivity (Wildman–Crippen MR) is 130 cm³/mol. The van der Waals surface area contributed by atoms with E-state index in [-0.39, 0.29) is 47.2 Å². The van der Waals surface area contributed by atoms with Crippen molar-refractivity contribution in [3.63, 3.8) is 0 Å². The minimum absolute atomic E-state index is 0.0343. The predicted octanol–water partition coefficient (Wildman–Crippen LogP) is 3.13. The van der Waals surface area contributed by atoms with Gasteiger partial charge in [-0.3, -0.25) is 14.9 Å². The zero-order valence-corrected chi connectivity index (χ0v) is 20.6. The Bertz CT molecular complexity index is 1260. The molecule has 1 atom stereocenters. The summed E-state index contributed by atoms with van der Waals surface area (Å²) in [7, 11) is 0. The molecule has 36 heavy (non-hydrogen) atoms. The number of para-hydroxylation sites is 1. The summed E-state index contributed by atoms with van der Waals surface area (Å²) in [4.78, 5) is 49.3. The summed E-state index contributed by atoms with van der Waals surface area (Å²) in [6.07, 6.45) is 0.